The third-order valence-electron chi connectivity index (χ3n) is 4.30. The number of carbonyl (C=O) groups excluding carboxylic acids is 2. The summed E-state index contributed by atoms with van der Waals surface area (Å²) in [5.41, 5.74) is 3.06. The third kappa shape index (κ3) is 4.72. The summed E-state index contributed by atoms with van der Waals surface area (Å²) in [6.07, 6.45) is 3.34. The number of halogens is 1. The molecule has 0 aliphatic rings. The lowest BCUT2D eigenvalue weighted by Crippen LogP contribution is -2.39. The molecule has 0 unspecified atom stereocenters. The van der Waals surface area contributed by atoms with Gasteiger partial charge in [-0.2, -0.15) is 4.57 Å². The number of benzene rings is 2. The van der Waals surface area contributed by atoms with Crippen molar-refractivity contribution in [2.75, 3.05) is 7.05 Å². The zero-order chi connectivity index (χ0) is 19.9. The molecule has 1 N–H and O–H groups in total. The van der Waals surface area contributed by atoms with Crippen LogP contribution in [0.15, 0.2) is 85.1 Å². The molecule has 1 heterocycles. The van der Waals surface area contributed by atoms with Crippen molar-refractivity contribution in [3.05, 3.63) is 107 Å². The van der Waals surface area contributed by atoms with E-state index in [-0.39, 0.29) is 18.2 Å². The largest absolute Gasteiger partial charge is 0.356 e. The maximum Gasteiger partial charge on any atom is 0.275 e. The lowest BCUT2D eigenvalue weighted by Gasteiger charge is -2.08. The summed E-state index contributed by atoms with van der Waals surface area (Å²) in [6, 6.07) is 22.3. The molecule has 4 nitrogen and oxygen atoms in total. The summed E-state index contributed by atoms with van der Waals surface area (Å²) in [6.45, 7) is 0.110. The van der Waals surface area contributed by atoms with E-state index in [0.717, 1.165) is 16.7 Å². The number of hydrogen-bond donors (Lipinski definition) is 1. The van der Waals surface area contributed by atoms with Gasteiger partial charge in [0.05, 0.1) is 0 Å². The molecular formula is C23H20ClN2O2+. The maximum atomic E-state index is 12.6. The van der Waals surface area contributed by atoms with E-state index in [1.54, 1.807) is 42.1 Å². The Morgan fingerprint density at radius 1 is 0.893 bits per heavy atom. The van der Waals surface area contributed by atoms with E-state index >= 15 is 0 Å². The van der Waals surface area contributed by atoms with Crippen LogP contribution in [0.3, 0.4) is 0 Å². The number of aromatic nitrogens is 1. The first kappa shape index (κ1) is 19.5. The number of rotatable bonds is 6. The van der Waals surface area contributed by atoms with Crippen LogP contribution in [-0.4, -0.2) is 18.7 Å². The topological polar surface area (TPSA) is 50.1 Å². The molecule has 140 valence electrons. The van der Waals surface area contributed by atoms with Crippen LogP contribution in [0.4, 0.5) is 0 Å². The van der Waals surface area contributed by atoms with Crippen molar-refractivity contribution in [1.82, 2.24) is 5.32 Å². The lowest BCUT2D eigenvalue weighted by molar-refractivity contribution is -0.681. The molecule has 3 aromatic rings. The highest BCUT2D eigenvalue weighted by Gasteiger charge is 2.18. The first-order chi connectivity index (χ1) is 13.6. The smallest absolute Gasteiger partial charge is 0.275 e. The van der Waals surface area contributed by atoms with E-state index < -0.39 is 0 Å². The Hall–Kier alpha value is -3.24. The minimum atomic E-state index is -0.208. The highest BCUT2D eigenvalue weighted by atomic mass is 35.5. The number of amides is 1. The molecule has 5 heteroatoms. The molecule has 0 saturated carbocycles. The van der Waals surface area contributed by atoms with Gasteiger partial charge in [0.1, 0.15) is 0 Å². The zero-order valence-electron chi connectivity index (χ0n) is 15.4. The van der Waals surface area contributed by atoms with Crippen LogP contribution in [-0.2, 0) is 11.3 Å². The number of hydrogen-bond acceptors (Lipinski definition) is 2. The van der Waals surface area contributed by atoms with Crippen LogP contribution in [0.2, 0.25) is 5.15 Å². The van der Waals surface area contributed by atoms with Gasteiger partial charge in [-0.05, 0) is 23.2 Å². The van der Waals surface area contributed by atoms with Crippen LogP contribution in [0.25, 0.3) is 5.57 Å². The van der Waals surface area contributed by atoms with Crippen LogP contribution in [0.1, 0.15) is 21.5 Å². The molecule has 0 aliphatic carbocycles. The molecule has 0 bridgehead atoms. The van der Waals surface area contributed by atoms with Crippen molar-refractivity contribution in [3.63, 3.8) is 0 Å². The monoisotopic (exact) mass is 391 g/mol. The molecule has 2 aromatic carbocycles. The summed E-state index contributed by atoms with van der Waals surface area (Å²) >= 11 is 6.32. The number of nitrogens with one attached hydrogen (secondary N) is 1. The number of ketones is 1. The molecule has 0 atom stereocenters. The Morgan fingerprint density at radius 3 is 2.11 bits per heavy atom. The molecule has 0 radical (unpaired) electrons. The number of carbonyl (C=O) groups is 2. The fourth-order valence-electron chi connectivity index (χ4n) is 2.83. The molecular weight excluding hydrogens is 372 g/mol. The average Bonchev–Trinajstić information content (AvgIpc) is 2.74. The van der Waals surface area contributed by atoms with Crippen molar-refractivity contribution >= 4 is 28.9 Å². The van der Waals surface area contributed by atoms with Crippen molar-refractivity contribution in [2.24, 2.45) is 0 Å². The van der Waals surface area contributed by atoms with Gasteiger partial charge in [-0.3, -0.25) is 9.59 Å². The van der Waals surface area contributed by atoms with Crippen LogP contribution in [0, 0.1) is 0 Å². The lowest BCUT2D eigenvalue weighted by atomic mass is 9.98. The number of likely N-dealkylation sites (N-methyl/N-ethyl adjacent to an activating group) is 1. The van der Waals surface area contributed by atoms with Gasteiger partial charge >= 0.3 is 0 Å². The van der Waals surface area contributed by atoms with E-state index in [1.807, 2.05) is 54.6 Å². The van der Waals surface area contributed by atoms with Crippen molar-refractivity contribution in [1.29, 1.82) is 0 Å². The number of nitrogens with zero attached hydrogens (tertiary/aromatic N) is 1. The van der Waals surface area contributed by atoms with Gasteiger partial charge in [0.2, 0.25) is 18.2 Å². The van der Waals surface area contributed by atoms with Crippen LogP contribution < -0.4 is 9.88 Å². The second-order valence-electron chi connectivity index (χ2n) is 6.20. The Kier molecular flexibility index (Phi) is 6.35. The Bertz CT molecular complexity index is 1020. The molecule has 3 rings (SSSR count). The van der Waals surface area contributed by atoms with Crippen molar-refractivity contribution < 1.29 is 14.2 Å². The zero-order valence-corrected chi connectivity index (χ0v) is 16.2. The van der Waals surface area contributed by atoms with E-state index in [9.17, 15) is 9.59 Å². The normalized spacial score (nSPS) is 11.1. The first-order valence-electron chi connectivity index (χ1n) is 8.85. The van der Waals surface area contributed by atoms with Gasteiger partial charge in [-0.25, -0.2) is 0 Å². The van der Waals surface area contributed by atoms with Crippen LogP contribution >= 0.6 is 11.6 Å². The molecule has 0 fully saturated rings. The summed E-state index contributed by atoms with van der Waals surface area (Å²) in [5.74, 6) is -0.248. The van der Waals surface area contributed by atoms with Crippen molar-refractivity contribution in [2.45, 2.75) is 6.54 Å². The van der Waals surface area contributed by atoms with Crippen LogP contribution in [0.5, 0.6) is 0 Å². The highest BCUT2D eigenvalue weighted by molar-refractivity contribution is 6.28. The fourth-order valence-corrected chi connectivity index (χ4v) is 3.00. The predicted octanol–water partition coefficient (Wildman–Crippen LogP) is 3.69. The summed E-state index contributed by atoms with van der Waals surface area (Å²) in [7, 11) is 1.59. The van der Waals surface area contributed by atoms with E-state index in [4.69, 9.17) is 11.6 Å². The van der Waals surface area contributed by atoms with Gasteiger partial charge in [-0.1, -0.05) is 60.7 Å². The minimum absolute atomic E-state index is 0.0406. The molecule has 0 spiro atoms. The van der Waals surface area contributed by atoms with Gasteiger partial charge in [0, 0.05) is 35.9 Å². The van der Waals surface area contributed by atoms with E-state index in [2.05, 4.69) is 5.32 Å². The Balaban J connectivity index is 1.99. The highest BCUT2D eigenvalue weighted by Crippen LogP contribution is 2.23. The molecule has 1 aromatic heterocycles. The Morgan fingerprint density at radius 2 is 1.50 bits per heavy atom. The summed E-state index contributed by atoms with van der Waals surface area (Å²) in [5, 5.41) is 3.06. The van der Waals surface area contributed by atoms with Crippen molar-refractivity contribution in [3.8, 4) is 0 Å². The average molecular weight is 392 g/mol. The Labute approximate surface area is 169 Å². The second kappa shape index (κ2) is 9.11. The van der Waals surface area contributed by atoms with Gasteiger partial charge in [0.15, 0.2) is 6.20 Å². The molecule has 0 aliphatic heterocycles. The third-order valence-corrected chi connectivity index (χ3v) is 4.64. The second-order valence-corrected chi connectivity index (χ2v) is 6.58. The summed E-state index contributed by atoms with van der Waals surface area (Å²) < 4.78 is 1.69. The maximum absolute atomic E-state index is 12.6. The fraction of sp³-hybridized carbons (Fsp3) is 0.0870. The number of Topliss-reactive ketones (excluding diaryl/α,β-unsaturated/α-hetero) is 1. The van der Waals surface area contributed by atoms with E-state index in [0.29, 0.717) is 10.7 Å². The minimum Gasteiger partial charge on any atom is -0.356 e. The standard InChI is InChI=1S/C23H19ClN2O2/c1-25-23(28)14-20(17-8-4-2-5-9-17)19-12-13-22(24)26(15-19)16-21(27)18-10-6-3-7-11-18/h2-15H,16H2,1H3/p+1. The SMILES string of the molecule is CNC(=O)C=C(c1ccccc1)c1ccc(Cl)[n+](CC(=O)c2ccccc2)c1. The van der Waals surface area contributed by atoms with E-state index in [1.165, 1.54) is 0 Å². The predicted molar refractivity (Wildman–Crippen MR) is 110 cm³/mol. The van der Waals surface area contributed by atoms with Gasteiger partial charge in [-0.15, -0.1) is 0 Å². The summed E-state index contributed by atoms with van der Waals surface area (Å²) in [4.78, 5) is 24.6. The quantitative estimate of drug-likeness (QED) is 0.301. The molecule has 1 amide bonds. The first-order valence-corrected chi connectivity index (χ1v) is 9.22. The molecule has 28 heavy (non-hydrogen) atoms. The van der Waals surface area contributed by atoms with Gasteiger partial charge < -0.3 is 5.32 Å². The van der Waals surface area contributed by atoms with Gasteiger partial charge in [0.25, 0.3) is 5.15 Å². The number of pyridine rings is 1. The molecule has 0 saturated heterocycles.